The predicted octanol–water partition coefficient (Wildman–Crippen LogP) is 4.35. The zero-order valence-electron chi connectivity index (χ0n) is 16.8. The number of nitrogens with zero attached hydrogens (tertiary/aromatic N) is 2. The highest BCUT2D eigenvalue weighted by atomic mass is 32.1. The Morgan fingerprint density at radius 1 is 1.20 bits per heavy atom. The van der Waals surface area contributed by atoms with Crippen LogP contribution in [0.4, 0.5) is 4.39 Å². The van der Waals surface area contributed by atoms with Crippen LogP contribution in [0.15, 0.2) is 53.9 Å². The summed E-state index contributed by atoms with van der Waals surface area (Å²) in [6.07, 6.45) is 1.76. The Labute approximate surface area is 179 Å². The number of methoxy groups -OCH3 is 1. The number of hydrogen-bond acceptors (Lipinski definition) is 5. The third-order valence-corrected chi connectivity index (χ3v) is 6.23. The Hall–Kier alpha value is -2.77. The van der Waals surface area contributed by atoms with E-state index in [1.54, 1.807) is 30.7 Å². The molecule has 1 aliphatic heterocycles. The van der Waals surface area contributed by atoms with Crippen LogP contribution in [0.3, 0.4) is 0 Å². The first-order valence-electron chi connectivity index (χ1n) is 9.99. The minimum atomic E-state index is -0.332. The second-order valence-corrected chi connectivity index (χ2v) is 8.21. The van der Waals surface area contributed by atoms with Gasteiger partial charge in [-0.15, -0.1) is 11.3 Å². The van der Waals surface area contributed by atoms with Crippen molar-refractivity contribution in [1.29, 1.82) is 0 Å². The van der Waals surface area contributed by atoms with Crippen molar-refractivity contribution in [3.05, 3.63) is 71.0 Å². The number of nitrogens with one attached hydrogen (secondary N) is 1. The molecule has 2 aromatic carbocycles. The van der Waals surface area contributed by atoms with Gasteiger partial charge in [0.05, 0.1) is 7.11 Å². The van der Waals surface area contributed by atoms with Crippen molar-refractivity contribution in [3.63, 3.8) is 0 Å². The summed E-state index contributed by atoms with van der Waals surface area (Å²) >= 11 is 1.28. The molecule has 2 heterocycles. The van der Waals surface area contributed by atoms with Crippen LogP contribution in [0.5, 0.6) is 5.75 Å². The maximum atomic E-state index is 14.0. The lowest BCUT2D eigenvalue weighted by Gasteiger charge is -2.32. The van der Waals surface area contributed by atoms with Crippen LogP contribution in [0.2, 0.25) is 0 Å². The summed E-state index contributed by atoms with van der Waals surface area (Å²) in [7, 11) is 1.69. The smallest absolute Gasteiger partial charge is 0.270 e. The van der Waals surface area contributed by atoms with E-state index in [0.29, 0.717) is 16.3 Å². The van der Waals surface area contributed by atoms with Crippen LogP contribution >= 0.6 is 11.3 Å². The van der Waals surface area contributed by atoms with E-state index < -0.39 is 0 Å². The highest BCUT2D eigenvalue weighted by molar-refractivity contribution is 7.13. The number of benzene rings is 2. The molecular formula is C23H24FN3O2S. The van der Waals surface area contributed by atoms with Gasteiger partial charge in [0.25, 0.3) is 5.91 Å². The Morgan fingerprint density at radius 2 is 1.93 bits per heavy atom. The number of para-hydroxylation sites is 1. The number of piperidine rings is 1. The van der Waals surface area contributed by atoms with Gasteiger partial charge in [0.1, 0.15) is 22.3 Å². The van der Waals surface area contributed by atoms with Crippen molar-refractivity contribution >= 4 is 17.2 Å². The third-order valence-electron chi connectivity index (χ3n) is 5.35. The third kappa shape index (κ3) is 4.68. The molecule has 3 aromatic rings. The van der Waals surface area contributed by atoms with E-state index in [2.05, 4.69) is 21.3 Å². The van der Waals surface area contributed by atoms with Gasteiger partial charge >= 0.3 is 0 Å². The molecule has 0 aliphatic carbocycles. The number of halogens is 1. The molecule has 30 heavy (non-hydrogen) atoms. The molecule has 1 aliphatic rings. The largest absolute Gasteiger partial charge is 0.496 e. The Morgan fingerprint density at radius 3 is 2.70 bits per heavy atom. The van der Waals surface area contributed by atoms with E-state index in [9.17, 15) is 9.18 Å². The molecule has 5 nitrogen and oxygen atoms in total. The average molecular weight is 426 g/mol. The highest BCUT2D eigenvalue weighted by Crippen LogP contribution is 2.26. The first kappa shape index (κ1) is 20.5. The summed E-state index contributed by atoms with van der Waals surface area (Å²) in [6, 6.07) is 14.6. The number of ether oxygens (including phenoxy) is 1. The van der Waals surface area contributed by atoms with Crippen LogP contribution in [-0.2, 0) is 6.54 Å². The fourth-order valence-corrected chi connectivity index (χ4v) is 4.53. The van der Waals surface area contributed by atoms with E-state index in [0.717, 1.165) is 38.2 Å². The molecule has 0 unspecified atom stereocenters. The molecule has 7 heteroatoms. The maximum Gasteiger partial charge on any atom is 0.270 e. The van der Waals surface area contributed by atoms with Gasteiger partial charge < -0.3 is 10.1 Å². The van der Waals surface area contributed by atoms with Gasteiger partial charge in [-0.3, -0.25) is 9.69 Å². The van der Waals surface area contributed by atoms with Crippen LogP contribution < -0.4 is 10.1 Å². The van der Waals surface area contributed by atoms with Gasteiger partial charge in [0.2, 0.25) is 0 Å². The monoisotopic (exact) mass is 425 g/mol. The van der Waals surface area contributed by atoms with E-state index in [-0.39, 0.29) is 17.8 Å². The standard InChI is InChI=1S/C23H24FN3O2S/c1-29-21-9-5-2-6-16(21)14-27-12-10-17(11-13-27)25-22(28)20-15-30-23(26-20)18-7-3-4-8-19(18)24/h2-9,15,17H,10-14H2,1H3,(H,25,28). The number of carbonyl (C=O) groups excluding carboxylic acids is 1. The van der Waals surface area contributed by atoms with Crippen LogP contribution in [0.25, 0.3) is 10.6 Å². The minimum Gasteiger partial charge on any atom is -0.496 e. The minimum absolute atomic E-state index is 0.116. The highest BCUT2D eigenvalue weighted by Gasteiger charge is 2.23. The molecule has 1 N–H and O–H groups in total. The molecule has 4 rings (SSSR count). The summed E-state index contributed by atoms with van der Waals surface area (Å²) in [4.78, 5) is 19.3. The molecule has 0 atom stereocenters. The van der Waals surface area contributed by atoms with Crippen molar-refractivity contribution in [2.75, 3.05) is 20.2 Å². The fourth-order valence-electron chi connectivity index (χ4n) is 3.71. The first-order valence-corrected chi connectivity index (χ1v) is 10.9. The number of carbonyl (C=O) groups is 1. The fraction of sp³-hybridized carbons (Fsp3) is 0.304. The molecule has 0 radical (unpaired) electrons. The summed E-state index contributed by atoms with van der Waals surface area (Å²) in [5.74, 6) is 0.375. The second-order valence-electron chi connectivity index (χ2n) is 7.35. The zero-order valence-corrected chi connectivity index (χ0v) is 17.6. The predicted molar refractivity (Wildman–Crippen MR) is 116 cm³/mol. The topological polar surface area (TPSA) is 54.5 Å². The lowest BCUT2D eigenvalue weighted by molar-refractivity contribution is 0.0904. The average Bonchev–Trinajstić information content (AvgIpc) is 3.26. The molecule has 156 valence electrons. The van der Waals surface area contributed by atoms with Crippen LogP contribution in [0, 0.1) is 5.82 Å². The van der Waals surface area contributed by atoms with Crippen molar-refractivity contribution in [2.24, 2.45) is 0 Å². The zero-order chi connectivity index (χ0) is 20.9. The van der Waals surface area contributed by atoms with E-state index in [4.69, 9.17) is 4.74 Å². The van der Waals surface area contributed by atoms with Crippen molar-refractivity contribution < 1.29 is 13.9 Å². The number of rotatable bonds is 6. The molecule has 0 saturated carbocycles. The molecular weight excluding hydrogens is 401 g/mol. The van der Waals surface area contributed by atoms with Gasteiger partial charge in [0, 0.05) is 42.2 Å². The Bertz CT molecular complexity index is 1010. The number of thiazole rings is 1. The maximum absolute atomic E-state index is 14.0. The van der Waals surface area contributed by atoms with Crippen molar-refractivity contribution in [1.82, 2.24) is 15.2 Å². The molecule has 0 spiro atoms. The number of hydrogen-bond donors (Lipinski definition) is 1. The molecule has 1 saturated heterocycles. The lowest BCUT2D eigenvalue weighted by atomic mass is 10.0. The number of likely N-dealkylation sites (tertiary alicyclic amines) is 1. The van der Waals surface area contributed by atoms with Crippen LogP contribution in [0.1, 0.15) is 28.9 Å². The number of aromatic nitrogens is 1. The van der Waals surface area contributed by atoms with E-state index in [1.165, 1.54) is 23.0 Å². The van der Waals surface area contributed by atoms with E-state index >= 15 is 0 Å². The summed E-state index contributed by atoms with van der Waals surface area (Å²) in [6.45, 7) is 2.64. The molecule has 0 bridgehead atoms. The van der Waals surface area contributed by atoms with Crippen LogP contribution in [-0.4, -0.2) is 42.0 Å². The molecule has 1 amide bonds. The molecule has 1 aromatic heterocycles. The van der Waals surface area contributed by atoms with Gasteiger partial charge in [-0.05, 0) is 31.0 Å². The summed E-state index contributed by atoms with van der Waals surface area (Å²) in [5.41, 5.74) is 1.94. The number of amides is 1. The van der Waals surface area contributed by atoms with E-state index in [1.807, 2.05) is 18.2 Å². The van der Waals surface area contributed by atoms with Gasteiger partial charge in [-0.1, -0.05) is 30.3 Å². The second kappa shape index (κ2) is 9.36. The Kier molecular flexibility index (Phi) is 6.40. The molecule has 1 fully saturated rings. The SMILES string of the molecule is COc1ccccc1CN1CCC(NC(=O)c2csc(-c3ccccc3F)n2)CC1. The first-order chi connectivity index (χ1) is 14.6. The van der Waals surface area contributed by atoms with Gasteiger partial charge in [-0.2, -0.15) is 0 Å². The van der Waals surface area contributed by atoms with Gasteiger partial charge in [-0.25, -0.2) is 9.37 Å². The normalized spacial score (nSPS) is 15.1. The van der Waals surface area contributed by atoms with Gasteiger partial charge in [0.15, 0.2) is 0 Å². The lowest BCUT2D eigenvalue weighted by Crippen LogP contribution is -2.44. The van der Waals surface area contributed by atoms with Crippen molar-refractivity contribution in [3.8, 4) is 16.3 Å². The summed E-state index contributed by atoms with van der Waals surface area (Å²) in [5, 5.41) is 5.29. The quantitative estimate of drug-likeness (QED) is 0.638. The Balaban J connectivity index is 1.31. The van der Waals surface area contributed by atoms with Crippen molar-refractivity contribution in [2.45, 2.75) is 25.4 Å². The summed E-state index contributed by atoms with van der Waals surface area (Å²) < 4.78 is 19.4.